The number of hydrogen-bond donors (Lipinski definition) is 3. The van der Waals surface area contributed by atoms with Gasteiger partial charge in [-0.2, -0.15) is 5.26 Å². The number of ether oxygens (including phenoxy) is 1. The number of carbonyl (C=O) groups excluding carboxylic acids is 2. The van der Waals surface area contributed by atoms with Gasteiger partial charge in [-0.1, -0.05) is 6.07 Å². The van der Waals surface area contributed by atoms with Crippen molar-refractivity contribution in [2.45, 2.75) is 19.4 Å². The third-order valence-electron chi connectivity index (χ3n) is 4.64. The number of amides is 2. The van der Waals surface area contributed by atoms with Gasteiger partial charge in [0.2, 0.25) is 11.8 Å². The molecule has 3 aromatic rings. The molecule has 1 aromatic heterocycles. The van der Waals surface area contributed by atoms with E-state index >= 15 is 0 Å². The molecule has 3 N–H and O–H groups in total. The molecule has 0 saturated heterocycles. The summed E-state index contributed by atoms with van der Waals surface area (Å²) in [6, 6.07) is 14.5. The van der Waals surface area contributed by atoms with Gasteiger partial charge in [0.05, 0.1) is 33.9 Å². The summed E-state index contributed by atoms with van der Waals surface area (Å²) in [6.07, 6.45) is 2.26. The Bertz CT molecular complexity index is 1270. The van der Waals surface area contributed by atoms with Crippen LogP contribution in [0.2, 0.25) is 0 Å². The van der Waals surface area contributed by atoms with E-state index in [1.165, 1.54) is 18.5 Å². The quantitative estimate of drug-likeness (QED) is 0.372. The van der Waals surface area contributed by atoms with Gasteiger partial charge in [0.1, 0.15) is 17.9 Å². The van der Waals surface area contributed by atoms with Crippen molar-refractivity contribution < 1.29 is 24.2 Å². The van der Waals surface area contributed by atoms with Gasteiger partial charge in [0.25, 0.3) is 0 Å². The molecule has 34 heavy (non-hydrogen) atoms. The van der Waals surface area contributed by atoms with Gasteiger partial charge >= 0.3 is 5.97 Å². The Morgan fingerprint density at radius 2 is 1.85 bits per heavy atom. The van der Waals surface area contributed by atoms with Gasteiger partial charge < -0.3 is 20.5 Å². The third-order valence-corrected chi connectivity index (χ3v) is 5.26. The van der Waals surface area contributed by atoms with Crippen molar-refractivity contribution in [3.63, 3.8) is 0 Å². The second kappa shape index (κ2) is 11.1. The first-order valence-corrected chi connectivity index (χ1v) is 10.8. The average molecular weight is 523 g/mol. The standard InChI is InChI=1S/C24H19BrN4O5/c1-14(28-22(30)10-23(31)29-18-5-2-15(11-26)3-6-18)16-4-7-21(20(25)9-16)34-19-8-17(24(32)33)12-27-13-19/h2-9,12-14H,10H2,1H3,(H,28,30)(H,29,31)(H,32,33). The second-order valence-electron chi connectivity index (χ2n) is 7.21. The number of benzene rings is 2. The van der Waals surface area contributed by atoms with Crippen LogP contribution in [-0.2, 0) is 9.59 Å². The molecule has 0 aliphatic heterocycles. The van der Waals surface area contributed by atoms with Crippen LogP contribution in [0.25, 0.3) is 0 Å². The van der Waals surface area contributed by atoms with Crippen LogP contribution in [0, 0.1) is 11.3 Å². The SMILES string of the molecule is CC(NC(=O)CC(=O)Nc1ccc(C#N)cc1)c1ccc(Oc2cncc(C(=O)O)c2)c(Br)c1. The lowest BCUT2D eigenvalue weighted by Crippen LogP contribution is -2.30. The Balaban J connectivity index is 1.57. The normalized spacial score (nSPS) is 11.1. The Morgan fingerprint density at radius 1 is 1.12 bits per heavy atom. The topological polar surface area (TPSA) is 141 Å². The maximum atomic E-state index is 12.3. The number of hydrogen-bond acceptors (Lipinski definition) is 6. The molecule has 9 nitrogen and oxygen atoms in total. The fourth-order valence-electron chi connectivity index (χ4n) is 2.94. The summed E-state index contributed by atoms with van der Waals surface area (Å²) in [5, 5.41) is 23.3. The molecule has 10 heteroatoms. The first-order valence-electron chi connectivity index (χ1n) is 10.00. The van der Waals surface area contributed by atoms with Gasteiger partial charge in [0, 0.05) is 11.9 Å². The molecule has 0 radical (unpaired) electrons. The summed E-state index contributed by atoms with van der Waals surface area (Å²) >= 11 is 3.42. The first kappa shape index (κ1) is 24.4. The largest absolute Gasteiger partial charge is 0.478 e. The Kier molecular flexibility index (Phi) is 7.95. The lowest BCUT2D eigenvalue weighted by molar-refractivity contribution is -0.127. The molecular formula is C24H19BrN4O5. The summed E-state index contributed by atoms with van der Waals surface area (Å²) in [5.74, 6) is -1.33. The van der Waals surface area contributed by atoms with Crippen LogP contribution in [0.3, 0.4) is 0 Å². The molecule has 1 heterocycles. The molecular weight excluding hydrogens is 504 g/mol. The van der Waals surface area contributed by atoms with Crippen molar-refractivity contribution in [3.8, 4) is 17.6 Å². The predicted octanol–water partition coefficient (Wildman–Crippen LogP) is 4.41. The number of rotatable bonds is 8. The maximum Gasteiger partial charge on any atom is 0.337 e. The molecule has 1 unspecified atom stereocenters. The summed E-state index contributed by atoms with van der Waals surface area (Å²) in [5.41, 5.74) is 1.73. The number of halogens is 1. The number of aromatic carboxylic acids is 1. The highest BCUT2D eigenvalue weighted by Crippen LogP contribution is 2.32. The van der Waals surface area contributed by atoms with Crippen LogP contribution in [0.4, 0.5) is 5.69 Å². The zero-order valence-electron chi connectivity index (χ0n) is 17.9. The van der Waals surface area contributed by atoms with E-state index in [2.05, 4.69) is 31.5 Å². The van der Waals surface area contributed by atoms with Gasteiger partial charge in [-0.25, -0.2) is 4.79 Å². The van der Waals surface area contributed by atoms with Crippen molar-refractivity contribution in [3.05, 3.63) is 82.1 Å². The Labute approximate surface area is 203 Å². The highest BCUT2D eigenvalue weighted by atomic mass is 79.9. The van der Waals surface area contributed by atoms with E-state index in [1.807, 2.05) is 6.07 Å². The average Bonchev–Trinajstić information content (AvgIpc) is 2.80. The summed E-state index contributed by atoms with van der Waals surface area (Å²) < 4.78 is 6.30. The number of pyridine rings is 1. The highest BCUT2D eigenvalue weighted by Gasteiger charge is 2.15. The summed E-state index contributed by atoms with van der Waals surface area (Å²) in [7, 11) is 0. The molecule has 3 rings (SSSR count). The van der Waals surface area contributed by atoms with Gasteiger partial charge in [0.15, 0.2) is 0 Å². The molecule has 0 spiro atoms. The van der Waals surface area contributed by atoms with Crippen LogP contribution in [-0.4, -0.2) is 27.9 Å². The van der Waals surface area contributed by atoms with Crippen molar-refractivity contribution in [2.75, 3.05) is 5.32 Å². The Morgan fingerprint density at radius 3 is 2.50 bits per heavy atom. The number of aromatic nitrogens is 1. The number of carboxylic acid groups (broad SMARTS) is 1. The van der Waals surface area contributed by atoms with Crippen LogP contribution in [0.1, 0.15) is 40.9 Å². The van der Waals surface area contributed by atoms with Gasteiger partial charge in [-0.3, -0.25) is 14.6 Å². The second-order valence-corrected chi connectivity index (χ2v) is 8.06. The molecule has 0 aliphatic carbocycles. The molecule has 1 atom stereocenters. The molecule has 172 valence electrons. The van der Waals surface area contributed by atoms with E-state index in [1.54, 1.807) is 49.4 Å². The van der Waals surface area contributed by atoms with E-state index in [0.29, 0.717) is 21.5 Å². The van der Waals surface area contributed by atoms with E-state index < -0.39 is 23.8 Å². The van der Waals surface area contributed by atoms with Crippen molar-refractivity contribution in [1.29, 1.82) is 5.26 Å². The van der Waals surface area contributed by atoms with Crippen LogP contribution in [0.15, 0.2) is 65.4 Å². The number of nitrogens with zero attached hydrogens (tertiary/aromatic N) is 2. The fraction of sp³-hybridized carbons (Fsp3) is 0.125. The van der Waals surface area contributed by atoms with Gasteiger partial charge in [-0.15, -0.1) is 0 Å². The summed E-state index contributed by atoms with van der Waals surface area (Å²) in [4.78, 5) is 39.4. The van der Waals surface area contributed by atoms with E-state index in [4.69, 9.17) is 15.1 Å². The molecule has 0 fully saturated rings. The minimum atomic E-state index is -1.11. The molecule has 0 saturated carbocycles. The number of nitrogens with one attached hydrogen (secondary N) is 2. The number of nitriles is 1. The lowest BCUT2D eigenvalue weighted by atomic mass is 10.1. The fourth-order valence-corrected chi connectivity index (χ4v) is 3.42. The third kappa shape index (κ3) is 6.63. The van der Waals surface area contributed by atoms with Crippen LogP contribution >= 0.6 is 15.9 Å². The van der Waals surface area contributed by atoms with Gasteiger partial charge in [-0.05, 0) is 70.9 Å². The first-order chi connectivity index (χ1) is 16.2. The number of anilines is 1. The maximum absolute atomic E-state index is 12.3. The zero-order chi connectivity index (χ0) is 24.7. The lowest BCUT2D eigenvalue weighted by Gasteiger charge is -2.16. The van der Waals surface area contributed by atoms with Crippen LogP contribution in [0.5, 0.6) is 11.5 Å². The highest BCUT2D eigenvalue weighted by molar-refractivity contribution is 9.10. The minimum Gasteiger partial charge on any atom is -0.478 e. The number of carboxylic acids is 1. The zero-order valence-corrected chi connectivity index (χ0v) is 19.5. The molecule has 2 aromatic carbocycles. The monoisotopic (exact) mass is 522 g/mol. The smallest absolute Gasteiger partial charge is 0.337 e. The van der Waals surface area contributed by atoms with Crippen molar-refractivity contribution in [2.24, 2.45) is 0 Å². The van der Waals surface area contributed by atoms with Crippen molar-refractivity contribution in [1.82, 2.24) is 10.3 Å². The minimum absolute atomic E-state index is 0.00444. The van der Waals surface area contributed by atoms with Crippen molar-refractivity contribution >= 4 is 39.4 Å². The predicted molar refractivity (Wildman–Crippen MR) is 126 cm³/mol. The summed E-state index contributed by atoms with van der Waals surface area (Å²) in [6.45, 7) is 1.78. The van der Waals surface area contributed by atoms with E-state index in [0.717, 1.165) is 5.56 Å². The number of carbonyl (C=O) groups is 3. The van der Waals surface area contributed by atoms with Crippen LogP contribution < -0.4 is 15.4 Å². The van der Waals surface area contributed by atoms with E-state index in [9.17, 15) is 14.4 Å². The molecule has 0 bridgehead atoms. The Hall–Kier alpha value is -4.23. The molecule has 0 aliphatic rings. The van der Waals surface area contributed by atoms with E-state index in [-0.39, 0.29) is 17.7 Å². The molecule has 2 amide bonds.